The molecule has 0 heterocycles. The van der Waals surface area contributed by atoms with Crippen LogP contribution in [-0.2, 0) is 0 Å². The Morgan fingerprint density at radius 2 is 1.74 bits per heavy atom. The van der Waals surface area contributed by atoms with Gasteiger partial charge in [-0.2, -0.15) is 5.10 Å². The Morgan fingerprint density at radius 3 is 2.13 bits per heavy atom. The van der Waals surface area contributed by atoms with Crippen LogP contribution < -0.4 is 17.0 Å². The van der Waals surface area contributed by atoms with E-state index >= 15 is 0 Å². The van der Waals surface area contributed by atoms with Crippen molar-refractivity contribution < 1.29 is 20.4 Å². The molecule has 4 atom stereocenters. The molecule has 0 amide bonds. The van der Waals surface area contributed by atoms with Gasteiger partial charge in [-0.25, -0.2) is 5.84 Å². The molecule has 0 rings (SSSR count). The molecule has 0 fully saturated rings. The highest BCUT2D eigenvalue weighted by atomic mass is 16.5. The summed E-state index contributed by atoms with van der Waals surface area (Å²) in [6, 6.07) is -1.17. The van der Waals surface area contributed by atoms with Crippen LogP contribution in [0.2, 0.25) is 0 Å². The lowest BCUT2D eigenvalue weighted by Gasteiger charge is -2.42. The molecule has 0 aliphatic carbocycles. The van der Waals surface area contributed by atoms with E-state index in [0.717, 1.165) is 5.01 Å². The molecule has 10 heteroatoms. The second kappa shape index (κ2) is 10.7. The fourth-order valence-corrected chi connectivity index (χ4v) is 2.70. The summed E-state index contributed by atoms with van der Waals surface area (Å²) < 4.78 is 0. The summed E-state index contributed by atoms with van der Waals surface area (Å²) in [5.41, 5.74) is 0. The number of hydrogen-bond acceptors (Lipinski definition) is 9. The number of aliphatic hydroxyl groups excluding tert-OH is 3. The zero-order valence-corrected chi connectivity index (χ0v) is 14.2. The van der Waals surface area contributed by atoms with Crippen molar-refractivity contribution in [3.8, 4) is 0 Å². The number of hydrazone groups is 1. The van der Waals surface area contributed by atoms with Gasteiger partial charge in [0, 0.05) is 12.1 Å². The zero-order valence-electron chi connectivity index (χ0n) is 14.2. The van der Waals surface area contributed by atoms with E-state index in [1.54, 1.807) is 11.8 Å². The fraction of sp³-hybridized carbons (Fsp3) is 0.923. The van der Waals surface area contributed by atoms with Crippen LogP contribution in [0.25, 0.3) is 0 Å². The lowest BCUT2D eigenvalue weighted by atomic mass is 9.94. The van der Waals surface area contributed by atoms with Crippen molar-refractivity contribution >= 4 is 6.34 Å². The minimum absolute atomic E-state index is 0.0627. The maximum atomic E-state index is 10.0. The SMILES string of the molecule is CC(C)[C@H]([C@@H](C)NC(O)CN(N)/C=N\N)N(CO)C(C)C(O)O. The molecular weight excluding hydrogens is 304 g/mol. The van der Waals surface area contributed by atoms with Gasteiger partial charge in [0.05, 0.1) is 19.3 Å². The van der Waals surface area contributed by atoms with Crippen molar-refractivity contribution in [3.05, 3.63) is 0 Å². The first-order valence-electron chi connectivity index (χ1n) is 7.57. The van der Waals surface area contributed by atoms with Gasteiger partial charge in [0.25, 0.3) is 0 Å². The van der Waals surface area contributed by atoms with Crippen LogP contribution in [0.4, 0.5) is 0 Å². The number of nitrogens with one attached hydrogen (secondary N) is 1. The first-order chi connectivity index (χ1) is 10.6. The van der Waals surface area contributed by atoms with Gasteiger partial charge >= 0.3 is 0 Å². The summed E-state index contributed by atoms with van der Waals surface area (Å²) in [4.78, 5) is 1.57. The predicted molar refractivity (Wildman–Crippen MR) is 87.4 cm³/mol. The molecule has 138 valence electrons. The van der Waals surface area contributed by atoms with Gasteiger partial charge in [0.1, 0.15) is 12.6 Å². The number of aliphatic hydroxyl groups is 4. The molecule has 10 nitrogen and oxygen atoms in total. The summed E-state index contributed by atoms with van der Waals surface area (Å²) in [5, 5.41) is 45.8. The monoisotopic (exact) mass is 336 g/mol. The minimum Gasteiger partial charge on any atom is -0.381 e. The highest BCUT2D eigenvalue weighted by molar-refractivity contribution is 5.53. The third kappa shape index (κ3) is 7.40. The Morgan fingerprint density at radius 1 is 1.17 bits per heavy atom. The van der Waals surface area contributed by atoms with E-state index in [-0.39, 0.29) is 31.3 Å². The molecule has 0 aliphatic heterocycles. The van der Waals surface area contributed by atoms with Crippen molar-refractivity contribution in [2.24, 2.45) is 22.7 Å². The molecule has 0 aliphatic rings. The standard InChI is InChI=1S/C13H32N6O4/c1-8(2)12(19(7-20)10(4)13(22)23)9(3)17-11(21)5-18(15)6-16-14/h6,8-13,17,20-23H,5,7,14-15H2,1-4H3/b16-6-/t9-,10?,11?,12-/m1/s1. The number of hydrogen-bond donors (Lipinski definition) is 7. The van der Waals surface area contributed by atoms with Crippen molar-refractivity contribution in [2.45, 2.75) is 58.3 Å². The molecule has 2 unspecified atom stereocenters. The quantitative estimate of drug-likeness (QED) is 0.0701. The van der Waals surface area contributed by atoms with E-state index in [9.17, 15) is 20.4 Å². The van der Waals surface area contributed by atoms with Crippen LogP contribution in [0.15, 0.2) is 5.10 Å². The minimum atomic E-state index is -1.58. The molecule has 0 bridgehead atoms. The molecule has 9 N–H and O–H groups in total. The Bertz CT molecular complexity index is 344. The lowest BCUT2D eigenvalue weighted by Crippen LogP contribution is -2.59. The zero-order chi connectivity index (χ0) is 18.2. The first kappa shape index (κ1) is 22.0. The third-order valence-electron chi connectivity index (χ3n) is 3.75. The molecule has 0 saturated heterocycles. The van der Waals surface area contributed by atoms with Crippen LogP contribution >= 0.6 is 0 Å². The molecule has 0 aromatic rings. The summed E-state index contributed by atoms with van der Waals surface area (Å²) >= 11 is 0. The first-order valence-corrected chi connectivity index (χ1v) is 7.57. The summed E-state index contributed by atoms with van der Waals surface area (Å²) in [7, 11) is 0. The highest BCUT2D eigenvalue weighted by Gasteiger charge is 2.33. The Hall–Kier alpha value is -1.01. The number of rotatable bonds is 11. The van der Waals surface area contributed by atoms with Gasteiger partial charge in [0.2, 0.25) is 0 Å². The summed E-state index contributed by atoms with van der Waals surface area (Å²) in [6.45, 7) is 7.07. The van der Waals surface area contributed by atoms with E-state index in [0.29, 0.717) is 0 Å². The molecule has 0 aromatic heterocycles. The largest absolute Gasteiger partial charge is 0.381 e. The van der Waals surface area contributed by atoms with E-state index in [1.807, 2.05) is 20.8 Å². The van der Waals surface area contributed by atoms with Crippen molar-refractivity contribution in [1.82, 2.24) is 15.2 Å². The lowest BCUT2D eigenvalue weighted by molar-refractivity contribution is -0.128. The topological polar surface area (TPSA) is 164 Å². The van der Waals surface area contributed by atoms with Crippen molar-refractivity contribution in [2.75, 3.05) is 13.3 Å². The Kier molecular flexibility index (Phi) is 10.2. The Balaban J connectivity index is 4.93. The molecule has 0 saturated carbocycles. The second-order valence-corrected chi connectivity index (χ2v) is 5.98. The van der Waals surface area contributed by atoms with E-state index in [1.165, 1.54) is 6.34 Å². The second-order valence-electron chi connectivity index (χ2n) is 5.98. The van der Waals surface area contributed by atoms with Gasteiger partial charge in [-0.1, -0.05) is 13.8 Å². The average Bonchev–Trinajstić information content (AvgIpc) is 2.42. The maximum Gasteiger partial charge on any atom is 0.167 e. The van der Waals surface area contributed by atoms with Crippen LogP contribution in [0.1, 0.15) is 27.7 Å². The predicted octanol–water partition coefficient (Wildman–Crippen LogP) is -2.66. The van der Waals surface area contributed by atoms with Gasteiger partial charge in [-0.05, 0) is 19.8 Å². The van der Waals surface area contributed by atoms with Crippen LogP contribution in [-0.4, -0.2) is 80.6 Å². The third-order valence-corrected chi connectivity index (χ3v) is 3.75. The normalized spacial score (nSPS) is 17.9. The Labute approximate surface area is 137 Å². The van der Waals surface area contributed by atoms with Gasteiger partial charge in [-0.15, -0.1) is 0 Å². The van der Waals surface area contributed by atoms with E-state index in [4.69, 9.17) is 11.7 Å². The highest BCUT2D eigenvalue weighted by Crippen LogP contribution is 2.19. The van der Waals surface area contributed by atoms with E-state index < -0.39 is 18.6 Å². The van der Waals surface area contributed by atoms with Gasteiger partial charge in [-0.3, -0.25) is 15.2 Å². The molecule has 0 radical (unpaired) electrons. The molecule has 23 heavy (non-hydrogen) atoms. The van der Waals surface area contributed by atoms with Crippen LogP contribution in [0, 0.1) is 5.92 Å². The van der Waals surface area contributed by atoms with E-state index in [2.05, 4.69) is 10.4 Å². The molecular formula is C13H32N6O4. The van der Waals surface area contributed by atoms with Crippen molar-refractivity contribution in [1.29, 1.82) is 0 Å². The van der Waals surface area contributed by atoms with Gasteiger partial charge < -0.3 is 26.3 Å². The van der Waals surface area contributed by atoms with Crippen LogP contribution in [0.3, 0.4) is 0 Å². The molecule has 0 aromatic carbocycles. The summed E-state index contributed by atoms with van der Waals surface area (Å²) in [6.07, 6.45) is -1.36. The van der Waals surface area contributed by atoms with Gasteiger partial charge in [0.15, 0.2) is 6.29 Å². The number of nitrogens with zero attached hydrogens (tertiary/aromatic N) is 3. The van der Waals surface area contributed by atoms with Crippen LogP contribution in [0.5, 0.6) is 0 Å². The smallest absolute Gasteiger partial charge is 0.167 e. The van der Waals surface area contributed by atoms with Crippen molar-refractivity contribution in [3.63, 3.8) is 0 Å². The number of nitrogens with two attached hydrogens (primary N) is 2. The maximum absolute atomic E-state index is 10.0. The molecule has 0 spiro atoms. The number of hydrazine groups is 1. The summed E-state index contributed by atoms with van der Waals surface area (Å²) in [5.74, 6) is 10.6. The average molecular weight is 336 g/mol. The fourth-order valence-electron chi connectivity index (χ4n) is 2.70.